The van der Waals surface area contributed by atoms with Crippen LogP contribution < -0.4 is 16.2 Å². The molecule has 0 saturated heterocycles. The molecule has 1 atom stereocenters. The number of hydrogen-bond acceptors (Lipinski definition) is 7. The van der Waals surface area contributed by atoms with Crippen molar-refractivity contribution in [3.05, 3.63) is 89.3 Å². The third kappa shape index (κ3) is 4.07. The Morgan fingerprint density at radius 3 is 2.68 bits per heavy atom. The van der Waals surface area contributed by atoms with Crippen LogP contribution in [0.4, 0.5) is 17.3 Å². The van der Waals surface area contributed by atoms with Crippen molar-refractivity contribution < 1.29 is 4.92 Å². The number of rotatable bonds is 3. The van der Waals surface area contributed by atoms with E-state index in [9.17, 15) is 14.9 Å². The molecule has 158 valence electrons. The fourth-order valence-electron chi connectivity index (χ4n) is 3.09. The van der Waals surface area contributed by atoms with Gasteiger partial charge >= 0.3 is 0 Å². The normalized spacial score (nSPS) is 15.0. The SMILES string of the molecule is Cc1cc(=O)n2c(n1)NC(Nc1cccc(Cl)c1Cl)=N[C@@H]2c1cc([N+](=O)[O-])ccc1Cl. The molecule has 0 amide bonds. The molecule has 0 aliphatic carbocycles. The van der Waals surface area contributed by atoms with E-state index in [-0.39, 0.29) is 33.2 Å². The number of nitro groups is 1. The molecular weight excluding hydrogens is 467 g/mol. The summed E-state index contributed by atoms with van der Waals surface area (Å²) in [5, 5.41) is 18.1. The van der Waals surface area contributed by atoms with Gasteiger partial charge in [-0.1, -0.05) is 40.9 Å². The van der Waals surface area contributed by atoms with Gasteiger partial charge in [0.1, 0.15) is 0 Å². The summed E-state index contributed by atoms with van der Waals surface area (Å²) in [7, 11) is 0. The van der Waals surface area contributed by atoms with Crippen LogP contribution in [-0.4, -0.2) is 20.4 Å². The Balaban J connectivity index is 1.88. The Labute approximate surface area is 190 Å². The number of guanidine groups is 1. The molecule has 0 bridgehead atoms. The summed E-state index contributed by atoms with van der Waals surface area (Å²) in [6, 6.07) is 10.3. The summed E-state index contributed by atoms with van der Waals surface area (Å²) in [5.74, 6) is 0.391. The highest BCUT2D eigenvalue weighted by molar-refractivity contribution is 6.44. The van der Waals surface area contributed by atoms with Crippen LogP contribution in [0.25, 0.3) is 0 Å². The van der Waals surface area contributed by atoms with Crippen LogP contribution >= 0.6 is 34.8 Å². The molecule has 3 aromatic rings. The van der Waals surface area contributed by atoms with Gasteiger partial charge in [-0.05, 0) is 25.1 Å². The van der Waals surface area contributed by atoms with E-state index in [2.05, 4.69) is 20.6 Å². The molecule has 12 heteroatoms. The zero-order valence-electron chi connectivity index (χ0n) is 15.8. The number of aryl methyl sites for hydroxylation is 1. The van der Waals surface area contributed by atoms with Gasteiger partial charge in [-0.3, -0.25) is 24.8 Å². The lowest BCUT2D eigenvalue weighted by molar-refractivity contribution is -0.384. The number of fused-ring (bicyclic) bond motifs is 1. The molecule has 2 N–H and O–H groups in total. The quantitative estimate of drug-likeness (QED) is 0.409. The average Bonchev–Trinajstić information content (AvgIpc) is 2.70. The third-order valence-corrected chi connectivity index (χ3v) is 5.64. The second-order valence-corrected chi connectivity index (χ2v) is 7.79. The van der Waals surface area contributed by atoms with Crippen LogP contribution in [0.15, 0.2) is 52.3 Å². The highest BCUT2D eigenvalue weighted by atomic mass is 35.5. The first-order valence-electron chi connectivity index (χ1n) is 8.84. The summed E-state index contributed by atoms with van der Waals surface area (Å²) in [6.07, 6.45) is -1.01. The van der Waals surface area contributed by atoms with Crippen LogP contribution in [0.2, 0.25) is 15.1 Å². The first kappa shape index (κ1) is 21.1. The van der Waals surface area contributed by atoms with Crippen molar-refractivity contribution in [1.82, 2.24) is 9.55 Å². The molecule has 2 aromatic carbocycles. The summed E-state index contributed by atoms with van der Waals surface area (Å²) in [6.45, 7) is 1.67. The highest BCUT2D eigenvalue weighted by Gasteiger charge is 2.28. The van der Waals surface area contributed by atoms with E-state index < -0.39 is 16.6 Å². The number of nitrogens with zero attached hydrogens (tertiary/aromatic N) is 4. The van der Waals surface area contributed by atoms with E-state index in [4.69, 9.17) is 34.8 Å². The topological polar surface area (TPSA) is 114 Å². The fraction of sp³-hybridized carbons (Fsp3) is 0.105. The van der Waals surface area contributed by atoms with Crippen molar-refractivity contribution in [3.63, 3.8) is 0 Å². The van der Waals surface area contributed by atoms with Crippen LogP contribution in [0, 0.1) is 17.0 Å². The van der Waals surface area contributed by atoms with Crippen molar-refractivity contribution in [1.29, 1.82) is 0 Å². The summed E-state index contributed by atoms with van der Waals surface area (Å²) in [4.78, 5) is 32.3. The van der Waals surface area contributed by atoms with Gasteiger partial charge in [0.2, 0.25) is 11.9 Å². The standard InChI is InChI=1S/C19H13Cl3N6O3/c1-9-7-15(29)27-17(11-8-10(28(30)31)5-6-12(11)20)25-18(26-19(27)23-9)24-14-4-2-3-13(21)16(14)22/h2-8,17H,1H3,(H2,23,24,25,26)/t17-/m0/s1. The maximum atomic E-state index is 12.7. The minimum atomic E-state index is -1.01. The van der Waals surface area contributed by atoms with Gasteiger partial charge in [0.05, 0.1) is 20.7 Å². The number of benzene rings is 2. The Bertz CT molecular complexity index is 1310. The van der Waals surface area contributed by atoms with Crippen molar-refractivity contribution in [2.75, 3.05) is 10.6 Å². The van der Waals surface area contributed by atoms with E-state index in [1.807, 2.05) is 0 Å². The molecule has 1 aliphatic heterocycles. The number of non-ortho nitro benzene ring substituents is 1. The molecule has 1 aliphatic rings. The lowest BCUT2D eigenvalue weighted by Crippen LogP contribution is -2.37. The Morgan fingerprint density at radius 1 is 1.16 bits per heavy atom. The van der Waals surface area contributed by atoms with Crippen molar-refractivity contribution in [3.8, 4) is 0 Å². The molecule has 2 heterocycles. The number of aromatic nitrogens is 2. The van der Waals surface area contributed by atoms with Crippen LogP contribution in [0.3, 0.4) is 0 Å². The number of nitro benzene ring substituents is 1. The zero-order chi connectivity index (χ0) is 22.3. The van der Waals surface area contributed by atoms with Crippen molar-refractivity contribution in [2.45, 2.75) is 13.1 Å². The molecule has 4 rings (SSSR count). The van der Waals surface area contributed by atoms with Gasteiger partial charge in [-0.2, -0.15) is 0 Å². The Hall–Kier alpha value is -3.14. The van der Waals surface area contributed by atoms with Gasteiger partial charge in [0, 0.05) is 34.5 Å². The second kappa shape index (κ2) is 8.18. The van der Waals surface area contributed by atoms with Crippen LogP contribution in [0.1, 0.15) is 17.4 Å². The van der Waals surface area contributed by atoms with Crippen molar-refractivity contribution in [2.24, 2.45) is 4.99 Å². The monoisotopic (exact) mass is 478 g/mol. The molecule has 0 unspecified atom stereocenters. The van der Waals surface area contributed by atoms with Crippen molar-refractivity contribution >= 4 is 58.1 Å². The summed E-state index contributed by atoms with van der Waals surface area (Å²) < 4.78 is 1.27. The fourth-order valence-corrected chi connectivity index (χ4v) is 3.65. The maximum absolute atomic E-state index is 12.7. The number of halogens is 3. The maximum Gasteiger partial charge on any atom is 0.269 e. The summed E-state index contributed by atoms with van der Waals surface area (Å²) in [5.41, 5.74) is 0.631. The van der Waals surface area contributed by atoms with Crippen LogP contribution in [-0.2, 0) is 0 Å². The van der Waals surface area contributed by atoms with E-state index in [0.29, 0.717) is 16.4 Å². The Morgan fingerprint density at radius 2 is 1.94 bits per heavy atom. The molecule has 31 heavy (non-hydrogen) atoms. The predicted octanol–water partition coefficient (Wildman–Crippen LogP) is 4.86. The van der Waals surface area contributed by atoms with E-state index in [1.165, 1.54) is 28.8 Å². The summed E-state index contributed by atoms with van der Waals surface area (Å²) >= 11 is 18.7. The smallest absolute Gasteiger partial charge is 0.269 e. The van der Waals surface area contributed by atoms with E-state index >= 15 is 0 Å². The van der Waals surface area contributed by atoms with Gasteiger partial charge in [0.15, 0.2) is 6.17 Å². The number of nitrogens with one attached hydrogen (secondary N) is 2. The van der Waals surface area contributed by atoms with Gasteiger partial charge in [0.25, 0.3) is 11.2 Å². The number of hydrogen-bond donors (Lipinski definition) is 2. The third-order valence-electron chi connectivity index (χ3n) is 4.48. The number of anilines is 2. The first-order chi connectivity index (χ1) is 14.7. The first-order valence-corrected chi connectivity index (χ1v) is 9.98. The molecule has 0 spiro atoms. The minimum Gasteiger partial charge on any atom is -0.325 e. The molecule has 9 nitrogen and oxygen atoms in total. The van der Waals surface area contributed by atoms with E-state index in [1.54, 1.807) is 25.1 Å². The van der Waals surface area contributed by atoms with Crippen LogP contribution in [0.5, 0.6) is 0 Å². The largest absolute Gasteiger partial charge is 0.325 e. The molecule has 1 aromatic heterocycles. The van der Waals surface area contributed by atoms with Gasteiger partial charge in [-0.25, -0.2) is 9.98 Å². The van der Waals surface area contributed by atoms with E-state index in [0.717, 1.165) is 0 Å². The molecule has 0 saturated carbocycles. The average molecular weight is 480 g/mol. The lowest BCUT2D eigenvalue weighted by atomic mass is 10.1. The second-order valence-electron chi connectivity index (χ2n) is 6.60. The zero-order valence-corrected chi connectivity index (χ0v) is 18.0. The lowest BCUT2D eigenvalue weighted by Gasteiger charge is -2.27. The minimum absolute atomic E-state index is 0.185. The molecule has 0 radical (unpaired) electrons. The Kier molecular flexibility index (Phi) is 5.57. The highest BCUT2D eigenvalue weighted by Crippen LogP contribution is 2.34. The van der Waals surface area contributed by atoms with Gasteiger partial charge in [-0.15, -0.1) is 0 Å². The molecule has 0 fully saturated rings. The predicted molar refractivity (Wildman–Crippen MR) is 121 cm³/mol. The van der Waals surface area contributed by atoms with Gasteiger partial charge < -0.3 is 5.32 Å². The molecular formula is C19H13Cl3N6O3. The number of aliphatic imine (C=N–C) groups is 1.